The number of fused-ring (bicyclic) bond motifs is 5. The van der Waals surface area contributed by atoms with Crippen LogP contribution in [0, 0.1) is 11.8 Å². The smallest absolute Gasteiger partial charge is 0.250 e. The van der Waals surface area contributed by atoms with Gasteiger partial charge in [0.05, 0.1) is 11.8 Å². The Morgan fingerprint density at radius 2 is 1.79 bits per heavy atom. The van der Waals surface area contributed by atoms with Gasteiger partial charge in [-0.3, -0.25) is 24.6 Å². The first-order chi connectivity index (χ1) is 16.1. The third-order valence-electron chi connectivity index (χ3n) is 7.56. The fourth-order valence-electron chi connectivity index (χ4n) is 6.07. The van der Waals surface area contributed by atoms with Crippen molar-refractivity contribution in [2.75, 3.05) is 11.9 Å². The zero-order chi connectivity index (χ0) is 22.7. The van der Waals surface area contributed by atoms with Gasteiger partial charge < -0.3 is 10.3 Å². The predicted octanol–water partition coefficient (Wildman–Crippen LogP) is 2.93. The van der Waals surface area contributed by atoms with E-state index in [-0.39, 0.29) is 23.8 Å². The molecule has 4 atom stereocenters. The Bertz CT molecular complexity index is 1300. The Hall–Kier alpha value is -3.45. The average molecular weight is 443 g/mol. The van der Waals surface area contributed by atoms with E-state index in [1.54, 1.807) is 0 Å². The highest BCUT2D eigenvalue weighted by atomic mass is 16.2. The summed E-state index contributed by atoms with van der Waals surface area (Å²) in [4.78, 5) is 45.4. The van der Waals surface area contributed by atoms with Crippen molar-refractivity contribution in [1.82, 2.24) is 15.2 Å². The lowest BCUT2D eigenvalue weighted by Crippen LogP contribution is -2.53. The first-order valence-corrected chi connectivity index (χ1v) is 11.6. The molecule has 33 heavy (non-hydrogen) atoms. The average Bonchev–Trinajstić information content (AvgIpc) is 3.53. The number of amides is 3. The maximum absolute atomic E-state index is 13.7. The number of H-pyrrole nitrogens is 1. The molecule has 0 bridgehead atoms. The van der Waals surface area contributed by atoms with Gasteiger partial charge in [-0.05, 0) is 30.5 Å². The molecule has 1 spiro atoms. The summed E-state index contributed by atoms with van der Waals surface area (Å²) in [6, 6.07) is 15.2. The Morgan fingerprint density at radius 1 is 1.00 bits per heavy atom. The van der Waals surface area contributed by atoms with E-state index in [1.807, 2.05) is 55.6 Å². The molecule has 168 valence electrons. The van der Waals surface area contributed by atoms with Crippen LogP contribution < -0.4 is 10.6 Å². The second-order valence-electron chi connectivity index (χ2n) is 9.31. The van der Waals surface area contributed by atoms with Crippen molar-refractivity contribution in [2.45, 2.75) is 37.8 Å². The minimum absolute atomic E-state index is 0.162. The number of hydrogen-bond acceptors (Lipinski definition) is 4. The molecular weight excluding hydrogens is 416 g/mol. The first-order valence-electron chi connectivity index (χ1n) is 11.6. The number of benzene rings is 2. The minimum atomic E-state index is -1.23. The molecule has 7 heteroatoms. The largest absolute Gasteiger partial charge is 0.361 e. The van der Waals surface area contributed by atoms with E-state index < -0.39 is 17.4 Å². The number of hydrogen-bond donors (Lipinski definition) is 3. The van der Waals surface area contributed by atoms with Gasteiger partial charge in [0.25, 0.3) is 0 Å². The fourth-order valence-corrected chi connectivity index (χ4v) is 6.07. The van der Waals surface area contributed by atoms with Gasteiger partial charge in [-0.2, -0.15) is 0 Å². The van der Waals surface area contributed by atoms with E-state index in [9.17, 15) is 14.4 Å². The van der Waals surface area contributed by atoms with E-state index >= 15 is 0 Å². The lowest BCUT2D eigenvalue weighted by molar-refractivity contribution is -0.142. The van der Waals surface area contributed by atoms with Crippen LogP contribution in [0.1, 0.15) is 30.9 Å². The normalized spacial score (nSPS) is 28.1. The van der Waals surface area contributed by atoms with Gasteiger partial charge in [0.15, 0.2) is 0 Å². The van der Waals surface area contributed by atoms with Crippen LogP contribution in [-0.2, 0) is 26.3 Å². The monoisotopic (exact) mass is 442 g/mol. The summed E-state index contributed by atoms with van der Waals surface area (Å²) in [5.74, 6) is -1.98. The molecule has 0 radical (unpaired) electrons. The number of carbonyl (C=O) groups excluding carboxylic acids is 3. The predicted molar refractivity (Wildman–Crippen MR) is 124 cm³/mol. The Balaban J connectivity index is 1.46. The number of aromatic nitrogens is 1. The summed E-state index contributed by atoms with van der Waals surface area (Å²) in [6.45, 7) is 2.44. The third-order valence-corrected chi connectivity index (χ3v) is 7.56. The Morgan fingerprint density at radius 3 is 2.64 bits per heavy atom. The van der Waals surface area contributed by atoms with Crippen LogP contribution in [0.5, 0.6) is 0 Å². The van der Waals surface area contributed by atoms with E-state index in [1.165, 1.54) is 4.90 Å². The number of nitrogens with zero attached hydrogens (tertiary/aromatic N) is 1. The third kappa shape index (κ3) is 2.69. The highest BCUT2D eigenvalue weighted by Gasteiger charge is 2.70. The summed E-state index contributed by atoms with van der Waals surface area (Å²) in [6.07, 6.45) is 4.15. The number of rotatable bonds is 5. The van der Waals surface area contributed by atoms with Gasteiger partial charge in [0.1, 0.15) is 5.54 Å². The van der Waals surface area contributed by atoms with Crippen molar-refractivity contribution >= 4 is 34.3 Å². The topological polar surface area (TPSA) is 94.3 Å². The molecule has 6 rings (SSSR count). The zero-order valence-electron chi connectivity index (χ0n) is 18.4. The number of unbranched alkanes of at least 4 members (excludes halogenated alkanes) is 1. The molecule has 0 saturated carbocycles. The summed E-state index contributed by atoms with van der Waals surface area (Å²) >= 11 is 0. The van der Waals surface area contributed by atoms with Crippen molar-refractivity contribution in [3.8, 4) is 0 Å². The van der Waals surface area contributed by atoms with Gasteiger partial charge in [-0.15, -0.1) is 0 Å². The fraction of sp³-hybridized carbons (Fsp3) is 0.346. The molecule has 3 N–H and O–H groups in total. The van der Waals surface area contributed by atoms with Crippen LogP contribution in [0.3, 0.4) is 0 Å². The Kier molecular flexibility index (Phi) is 4.45. The molecule has 7 nitrogen and oxygen atoms in total. The second kappa shape index (κ2) is 7.28. The van der Waals surface area contributed by atoms with Crippen molar-refractivity contribution in [3.05, 3.63) is 65.9 Å². The molecule has 4 heterocycles. The summed E-state index contributed by atoms with van der Waals surface area (Å²) in [5, 5.41) is 7.57. The first kappa shape index (κ1) is 20.2. The highest BCUT2D eigenvalue weighted by molar-refractivity contribution is 6.15. The van der Waals surface area contributed by atoms with Crippen LogP contribution in [0.25, 0.3) is 10.9 Å². The minimum Gasteiger partial charge on any atom is -0.361 e. The molecule has 3 aromatic rings. The van der Waals surface area contributed by atoms with Crippen LogP contribution >= 0.6 is 0 Å². The maximum Gasteiger partial charge on any atom is 0.250 e. The number of aromatic amines is 1. The molecule has 0 aliphatic carbocycles. The summed E-state index contributed by atoms with van der Waals surface area (Å²) in [7, 11) is 0. The number of imide groups is 1. The number of carbonyl (C=O) groups is 3. The van der Waals surface area contributed by atoms with Gasteiger partial charge in [0.2, 0.25) is 17.7 Å². The maximum atomic E-state index is 13.7. The van der Waals surface area contributed by atoms with Crippen LogP contribution in [0.15, 0.2) is 54.7 Å². The van der Waals surface area contributed by atoms with Gasteiger partial charge >= 0.3 is 0 Å². The van der Waals surface area contributed by atoms with Crippen LogP contribution in [0.4, 0.5) is 5.69 Å². The molecule has 1 aromatic heterocycles. The number of anilines is 1. The zero-order valence-corrected chi connectivity index (χ0v) is 18.4. The lowest BCUT2D eigenvalue weighted by Gasteiger charge is -2.29. The van der Waals surface area contributed by atoms with Crippen molar-refractivity contribution in [2.24, 2.45) is 11.8 Å². The van der Waals surface area contributed by atoms with E-state index in [0.29, 0.717) is 18.7 Å². The molecule has 0 unspecified atom stereocenters. The molecule has 2 aromatic carbocycles. The number of nitrogens with one attached hydrogen (secondary N) is 3. The number of para-hydroxylation sites is 2. The quantitative estimate of drug-likeness (QED) is 0.530. The summed E-state index contributed by atoms with van der Waals surface area (Å²) < 4.78 is 0. The molecular formula is C26H26N4O3. The highest BCUT2D eigenvalue weighted by Crippen LogP contribution is 2.53. The van der Waals surface area contributed by atoms with Crippen molar-refractivity contribution in [1.29, 1.82) is 0 Å². The van der Waals surface area contributed by atoms with Crippen LogP contribution in [-0.4, -0.2) is 40.2 Å². The summed E-state index contributed by atoms with van der Waals surface area (Å²) in [5.41, 5.74) is 2.32. The van der Waals surface area contributed by atoms with E-state index in [4.69, 9.17) is 0 Å². The van der Waals surface area contributed by atoms with E-state index in [2.05, 4.69) is 21.7 Å². The van der Waals surface area contributed by atoms with Crippen LogP contribution in [0.2, 0.25) is 0 Å². The van der Waals surface area contributed by atoms with E-state index in [0.717, 1.165) is 34.9 Å². The van der Waals surface area contributed by atoms with Crippen molar-refractivity contribution in [3.63, 3.8) is 0 Å². The second-order valence-corrected chi connectivity index (χ2v) is 9.31. The molecule has 2 saturated heterocycles. The molecule has 3 amide bonds. The van der Waals surface area contributed by atoms with Gasteiger partial charge in [-0.1, -0.05) is 49.7 Å². The lowest BCUT2D eigenvalue weighted by atomic mass is 9.76. The SMILES string of the molecule is CCCCN1C(=O)[C@H]2[C@@H](C1=O)[C@@]1(N[C@@H]2Cc2c[nH]c3ccccc23)C(=O)Nc2ccccc21. The number of likely N-dealkylation sites (tertiary alicyclic amines) is 1. The molecule has 2 fully saturated rings. The Labute approximate surface area is 191 Å². The standard InChI is InChI=1S/C26H26N4O3/c1-2-3-12-30-23(31)21-20(13-15-14-27-18-10-6-4-8-16(15)18)29-26(22(21)24(30)32)17-9-5-7-11-19(17)28-25(26)33/h4-11,14,20-22,27,29H,2-3,12-13H2,1H3,(H,28,33)/t20-,21-,22+,26-/m1/s1. The van der Waals surface area contributed by atoms with Gasteiger partial charge in [-0.25, -0.2) is 0 Å². The van der Waals surface area contributed by atoms with Crippen molar-refractivity contribution < 1.29 is 14.4 Å². The molecule has 3 aliphatic heterocycles. The van der Waals surface area contributed by atoms with Gasteiger partial charge in [0, 0.05) is 40.9 Å². The molecule has 3 aliphatic rings.